The Bertz CT molecular complexity index is 806. The van der Waals surface area contributed by atoms with Crippen LogP contribution < -0.4 is 10.6 Å². The highest BCUT2D eigenvalue weighted by Crippen LogP contribution is 2.37. The van der Waals surface area contributed by atoms with Crippen molar-refractivity contribution in [2.75, 3.05) is 6.54 Å². The minimum atomic E-state index is -4.09. The van der Waals surface area contributed by atoms with E-state index in [1.165, 1.54) is 0 Å². The van der Waals surface area contributed by atoms with Crippen LogP contribution in [0.2, 0.25) is 0 Å². The second-order valence-electron chi connectivity index (χ2n) is 7.44. The minimum absolute atomic E-state index is 0.00757. The van der Waals surface area contributed by atoms with Crippen molar-refractivity contribution in [2.45, 2.75) is 58.3 Å². The van der Waals surface area contributed by atoms with Crippen LogP contribution in [0.5, 0.6) is 0 Å². The first-order chi connectivity index (χ1) is 13.8. The number of halogens is 3. The van der Waals surface area contributed by atoms with Gasteiger partial charge in [0.1, 0.15) is 12.0 Å². The molecule has 0 saturated heterocycles. The van der Waals surface area contributed by atoms with E-state index in [1.807, 2.05) is 38.1 Å². The van der Waals surface area contributed by atoms with E-state index < -0.39 is 12.1 Å². The van der Waals surface area contributed by atoms with Gasteiger partial charge in [0.25, 0.3) is 0 Å². The predicted octanol–water partition coefficient (Wildman–Crippen LogP) is 4.83. The number of nitrogens with zero attached hydrogens (tertiary/aromatic N) is 2. The van der Waals surface area contributed by atoms with Gasteiger partial charge >= 0.3 is 6.18 Å². The van der Waals surface area contributed by atoms with Gasteiger partial charge < -0.3 is 15.1 Å². The van der Waals surface area contributed by atoms with E-state index in [2.05, 4.69) is 20.6 Å². The summed E-state index contributed by atoms with van der Waals surface area (Å²) in [6.07, 6.45) is -1.23. The van der Waals surface area contributed by atoms with E-state index in [-0.39, 0.29) is 18.9 Å². The molecule has 1 aliphatic carbocycles. The highest BCUT2D eigenvalue weighted by molar-refractivity contribution is 5.80. The maximum atomic E-state index is 12.8. The Morgan fingerprint density at radius 2 is 1.86 bits per heavy atom. The summed E-state index contributed by atoms with van der Waals surface area (Å²) in [7, 11) is 0. The average molecular weight is 408 g/mol. The number of aromatic nitrogens is 1. The second kappa shape index (κ2) is 9.33. The van der Waals surface area contributed by atoms with Crippen LogP contribution in [0.15, 0.2) is 39.9 Å². The number of benzene rings is 1. The van der Waals surface area contributed by atoms with Crippen molar-refractivity contribution in [2.24, 2.45) is 10.9 Å². The van der Waals surface area contributed by atoms with E-state index >= 15 is 0 Å². The molecule has 0 aliphatic heterocycles. The van der Waals surface area contributed by atoms with Crippen LogP contribution in [0.4, 0.5) is 13.2 Å². The monoisotopic (exact) mass is 408 g/mol. The summed E-state index contributed by atoms with van der Waals surface area (Å²) in [5.74, 6) is -0.0584. The molecule has 0 bridgehead atoms. The van der Waals surface area contributed by atoms with Crippen LogP contribution in [-0.4, -0.2) is 29.7 Å². The number of oxazole rings is 1. The zero-order valence-corrected chi connectivity index (χ0v) is 16.7. The molecule has 0 radical (unpaired) electrons. The highest BCUT2D eigenvalue weighted by Gasteiger charge is 2.41. The Morgan fingerprint density at radius 3 is 2.48 bits per heavy atom. The quantitative estimate of drug-likeness (QED) is 0.550. The summed E-state index contributed by atoms with van der Waals surface area (Å²) in [6.45, 7) is 4.95. The summed E-state index contributed by atoms with van der Waals surface area (Å²) in [6, 6.07) is 7.90. The van der Waals surface area contributed by atoms with Crippen LogP contribution >= 0.6 is 0 Å². The molecule has 1 heterocycles. The zero-order valence-electron chi connectivity index (χ0n) is 16.7. The molecule has 158 valence electrons. The van der Waals surface area contributed by atoms with Crippen molar-refractivity contribution in [1.29, 1.82) is 0 Å². The molecule has 2 aromatic rings. The highest BCUT2D eigenvalue weighted by atomic mass is 19.4. The molecule has 5 nitrogen and oxygen atoms in total. The second-order valence-corrected chi connectivity index (χ2v) is 7.44. The molecular weight excluding hydrogens is 381 g/mol. The Hall–Kier alpha value is -2.51. The van der Waals surface area contributed by atoms with Gasteiger partial charge in [0.15, 0.2) is 5.96 Å². The van der Waals surface area contributed by atoms with Gasteiger partial charge in [-0.2, -0.15) is 13.2 Å². The summed E-state index contributed by atoms with van der Waals surface area (Å²) in [5.41, 5.74) is 2.76. The SMILES string of the molecule is CCNC(=NCc1coc(-c2ccc(C)cc2)n1)NC1CCC(C(F)(F)F)CC1. The van der Waals surface area contributed by atoms with Crippen molar-refractivity contribution < 1.29 is 17.6 Å². The molecule has 8 heteroatoms. The molecule has 2 N–H and O–H groups in total. The molecule has 0 amide bonds. The van der Waals surface area contributed by atoms with Gasteiger partial charge in [0.2, 0.25) is 5.89 Å². The van der Waals surface area contributed by atoms with E-state index in [9.17, 15) is 13.2 Å². The first-order valence-electron chi connectivity index (χ1n) is 9.98. The summed E-state index contributed by atoms with van der Waals surface area (Å²) < 4.78 is 44.0. The number of aryl methyl sites for hydroxylation is 1. The Kier molecular flexibility index (Phi) is 6.82. The molecule has 1 aromatic heterocycles. The molecule has 1 fully saturated rings. The third-order valence-electron chi connectivity index (χ3n) is 5.12. The van der Waals surface area contributed by atoms with Crippen molar-refractivity contribution in [1.82, 2.24) is 15.6 Å². The van der Waals surface area contributed by atoms with Crippen molar-refractivity contribution in [3.63, 3.8) is 0 Å². The smallest absolute Gasteiger partial charge is 0.391 e. The van der Waals surface area contributed by atoms with Gasteiger partial charge in [-0.15, -0.1) is 0 Å². The van der Waals surface area contributed by atoms with Gasteiger partial charge in [-0.05, 0) is 51.7 Å². The molecule has 3 rings (SSSR count). The lowest BCUT2D eigenvalue weighted by atomic mass is 9.85. The van der Waals surface area contributed by atoms with E-state index in [0.717, 1.165) is 11.1 Å². The molecule has 1 aliphatic rings. The third kappa shape index (κ3) is 5.98. The van der Waals surface area contributed by atoms with Gasteiger partial charge in [-0.3, -0.25) is 0 Å². The van der Waals surface area contributed by atoms with Gasteiger partial charge in [0.05, 0.1) is 12.5 Å². The van der Waals surface area contributed by atoms with Crippen LogP contribution in [0.25, 0.3) is 11.5 Å². The maximum Gasteiger partial charge on any atom is 0.391 e. The zero-order chi connectivity index (χ0) is 20.9. The van der Waals surface area contributed by atoms with Crippen molar-refractivity contribution in [3.8, 4) is 11.5 Å². The van der Waals surface area contributed by atoms with Gasteiger partial charge in [0, 0.05) is 18.2 Å². The molecule has 0 spiro atoms. The summed E-state index contributed by atoms with van der Waals surface area (Å²) in [5, 5.41) is 6.40. The predicted molar refractivity (Wildman–Crippen MR) is 106 cm³/mol. The van der Waals surface area contributed by atoms with E-state index in [0.29, 0.717) is 43.5 Å². The van der Waals surface area contributed by atoms with Crippen molar-refractivity contribution in [3.05, 3.63) is 41.8 Å². The molecule has 29 heavy (non-hydrogen) atoms. The van der Waals surface area contributed by atoms with Gasteiger partial charge in [-0.1, -0.05) is 17.7 Å². The molecule has 1 saturated carbocycles. The lowest BCUT2D eigenvalue weighted by molar-refractivity contribution is -0.182. The van der Waals surface area contributed by atoms with Crippen LogP contribution in [0.3, 0.4) is 0 Å². The maximum absolute atomic E-state index is 12.8. The van der Waals surface area contributed by atoms with Crippen molar-refractivity contribution >= 4 is 5.96 Å². The molecule has 0 unspecified atom stereocenters. The van der Waals surface area contributed by atoms with E-state index in [1.54, 1.807) is 6.26 Å². The number of nitrogens with one attached hydrogen (secondary N) is 2. The molecular formula is C21H27F3N4O. The summed E-state index contributed by atoms with van der Waals surface area (Å²) >= 11 is 0. The number of aliphatic imine (C=N–C) groups is 1. The molecule has 1 aromatic carbocycles. The minimum Gasteiger partial charge on any atom is -0.444 e. The fraction of sp³-hybridized carbons (Fsp3) is 0.524. The lowest BCUT2D eigenvalue weighted by Crippen LogP contribution is -2.45. The topological polar surface area (TPSA) is 62.5 Å². The third-order valence-corrected chi connectivity index (χ3v) is 5.12. The van der Waals surface area contributed by atoms with Crippen LogP contribution in [0.1, 0.15) is 43.9 Å². The average Bonchev–Trinajstić information content (AvgIpc) is 3.16. The fourth-order valence-electron chi connectivity index (χ4n) is 3.45. The van der Waals surface area contributed by atoms with Crippen LogP contribution in [-0.2, 0) is 6.54 Å². The number of hydrogen-bond donors (Lipinski definition) is 2. The van der Waals surface area contributed by atoms with Gasteiger partial charge in [-0.25, -0.2) is 9.98 Å². The number of hydrogen-bond acceptors (Lipinski definition) is 3. The Morgan fingerprint density at radius 1 is 1.17 bits per heavy atom. The fourth-order valence-corrected chi connectivity index (χ4v) is 3.45. The largest absolute Gasteiger partial charge is 0.444 e. The van der Waals surface area contributed by atoms with E-state index in [4.69, 9.17) is 4.42 Å². The lowest BCUT2D eigenvalue weighted by Gasteiger charge is -2.31. The number of guanidine groups is 1. The Balaban J connectivity index is 1.58. The first-order valence-corrected chi connectivity index (χ1v) is 9.98. The van der Waals surface area contributed by atoms with Crippen LogP contribution in [0, 0.1) is 12.8 Å². The number of rotatable bonds is 5. The first kappa shape index (κ1) is 21.2. The normalized spacial score (nSPS) is 20.5. The number of alkyl halides is 3. The molecule has 0 atom stereocenters. The standard InChI is InChI=1S/C21H27F3N4O/c1-3-25-20(28-17-10-8-16(9-11-17)21(22,23)24)26-12-18-13-29-19(27-18)15-6-4-14(2)5-7-15/h4-7,13,16-17H,3,8-12H2,1-2H3,(H2,25,26,28). The Labute approximate surface area is 168 Å². The summed E-state index contributed by atoms with van der Waals surface area (Å²) in [4.78, 5) is 8.99.